The van der Waals surface area contributed by atoms with Gasteiger partial charge in [-0.25, -0.2) is 4.98 Å². The van der Waals surface area contributed by atoms with Gasteiger partial charge >= 0.3 is 0 Å². The summed E-state index contributed by atoms with van der Waals surface area (Å²) in [6.07, 6.45) is 12.0. The summed E-state index contributed by atoms with van der Waals surface area (Å²) in [6, 6.07) is 13.9. The fourth-order valence-corrected chi connectivity index (χ4v) is 9.78. The summed E-state index contributed by atoms with van der Waals surface area (Å²) >= 11 is 0. The Morgan fingerprint density at radius 2 is 1.62 bits per heavy atom. The van der Waals surface area contributed by atoms with Crippen molar-refractivity contribution in [3.05, 3.63) is 113 Å². The third kappa shape index (κ3) is 9.53. The molecule has 2 aliphatic heterocycles. The van der Waals surface area contributed by atoms with E-state index in [1.54, 1.807) is 0 Å². The first-order valence-corrected chi connectivity index (χ1v) is 21.4. The molecule has 56 heavy (non-hydrogen) atoms. The van der Waals surface area contributed by atoms with Crippen molar-refractivity contribution < 1.29 is 4.74 Å². The van der Waals surface area contributed by atoms with Crippen LogP contribution in [0.3, 0.4) is 0 Å². The molecule has 4 aliphatic rings. The highest BCUT2D eigenvalue weighted by molar-refractivity contribution is 5.61. The van der Waals surface area contributed by atoms with Crippen molar-refractivity contribution in [2.24, 2.45) is 11.3 Å². The van der Waals surface area contributed by atoms with Gasteiger partial charge in [-0.05, 0) is 137 Å². The van der Waals surface area contributed by atoms with E-state index in [1.165, 1.54) is 64.2 Å². The molecule has 1 aromatic carbocycles. The van der Waals surface area contributed by atoms with Crippen molar-refractivity contribution in [2.45, 2.75) is 130 Å². The van der Waals surface area contributed by atoms with E-state index in [9.17, 15) is 0 Å². The predicted molar refractivity (Wildman–Crippen MR) is 234 cm³/mol. The number of benzene rings is 1. The Hall–Kier alpha value is -4.10. The molecule has 0 bridgehead atoms. The first kappa shape index (κ1) is 40.1. The number of hydrogen-bond acceptors (Lipinski definition) is 7. The number of nitrogens with zero attached hydrogens (tertiary/aromatic N) is 5. The molecular formula is C49H68N6O. The molecule has 0 spiro atoms. The molecule has 7 nitrogen and oxygen atoms in total. The highest BCUT2D eigenvalue weighted by Gasteiger charge is 2.34. The lowest BCUT2D eigenvalue weighted by atomic mass is 9.81. The zero-order chi connectivity index (χ0) is 39.8. The van der Waals surface area contributed by atoms with E-state index >= 15 is 0 Å². The lowest BCUT2D eigenvalue weighted by molar-refractivity contribution is 0.0413. The van der Waals surface area contributed by atoms with Crippen LogP contribution < -0.4 is 10.2 Å². The second-order valence-electron chi connectivity index (χ2n) is 19.4. The van der Waals surface area contributed by atoms with Crippen LogP contribution in [-0.4, -0.2) is 64.1 Å². The molecular weight excluding hydrogens is 689 g/mol. The summed E-state index contributed by atoms with van der Waals surface area (Å²) in [5.74, 6) is 2.53. The SMILES string of the molecule is C=C(Cc1ccc(Nc2ccc3c(n2)CN(c2cnc4c(c2C)C(C(=C)OC(C)(C)C)CCC4)CC3)cc1)C1CCC(N2CCN(C(=C)CC(C)(C)C)CC2)C1. The summed E-state index contributed by atoms with van der Waals surface area (Å²) < 4.78 is 6.31. The monoisotopic (exact) mass is 757 g/mol. The second-order valence-corrected chi connectivity index (χ2v) is 19.4. The van der Waals surface area contributed by atoms with Gasteiger partial charge in [0.25, 0.3) is 0 Å². The smallest absolute Gasteiger partial charge is 0.130 e. The predicted octanol–water partition coefficient (Wildman–Crippen LogP) is 10.7. The third-order valence-corrected chi connectivity index (χ3v) is 12.6. The quantitative estimate of drug-likeness (QED) is 0.154. The second kappa shape index (κ2) is 16.4. The van der Waals surface area contributed by atoms with Crippen LogP contribution in [0.2, 0.25) is 0 Å². The first-order valence-electron chi connectivity index (χ1n) is 21.4. The van der Waals surface area contributed by atoms with Crippen molar-refractivity contribution in [1.29, 1.82) is 0 Å². The third-order valence-electron chi connectivity index (χ3n) is 12.6. The van der Waals surface area contributed by atoms with E-state index in [4.69, 9.17) is 14.7 Å². The minimum Gasteiger partial charge on any atom is -0.492 e. The lowest BCUT2D eigenvalue weighted by Gasteiger charge is -2.41. The molecule has 0 radical (unpaired) electrons. The number of rotatable bonds is 11. The number of pyridine rings is 2. The molecule has 3 atom stereocenters. The van der Waals surface area contributed by atoms with Gasteiger partial charge in [-0.2, -0.15) is 0 Å². The molecule has 300 valence electrons. The topological polar surface area (TPSA) is 56.8 Å². The number of piperazine rings is 1. The maximum absolute atomic E-state index is 6.31. The fourth-order valence-electron chi connectivity index (χ4n) is 9.78. The number of aryl methyl sites for hydroxylation is 1. The van der Waals surface area contributed by atoms with Gasteiger partial charge in [-0.15, -0.1) is 0 Å². The van der Waals surface area contributed by atoms with E-state index in [-0.39, 0.29) is 16.9 Å². The summed E-state index contributed by atoms with van der Waals surface area (Å²) in [7, 11) is 0. The molecule has 2 fully saturated rings. The Bertz CT molecular complexity index is 1910. The van der Waals surface area contributed by atoms with E-state index in [0.717, 1.165) is 101 Å². The van der Waals surface area contributed by atoms with Crippen LogP contribution in [0.15, 0.2) is 79.4 Å². The van der Waals surface area contributed by atoms with Crippen LogP contribution in [0.4, 0.5) is 17.2 Å². The summed E-state index contributed by atoms with van der Waals surface area (Å²) in [6.45, 7) is 35.1. The fraction of sp³-hybridized carbons (Fsp3) is 0.551. The number of allylic oxidation sites excluding steroid dienone is 3. The normalized spacial score (nSPS) is 21.7. The molecule has 0 amide bonds. The standard InChI is InChI=1S/C49H68N6O/c1-33(39-16-20-41(29-39)54-26-24-53(25-27-54)34(2)30-48(5,6)7)28-37-14-18-40(19-15-37)51-46-21-17-38-22-23-55(32-44(38)52-46)45-31-50-43-13-11-12-42(47(43)35(45)3)36(4)56-49(8,9)10/h14-15,17-19,21,31,39,41-42H,1-2,4,11-13,16,20,22-30,32H2,3,5-10H3,(H,51,52). The average Bonchev–Trinajstić information content (AvgIpc) is 3.65. The lowest BCUT2D eigenvalue weighted by Crippen LogP contribution is -2.49. The average molecular weight is 757 g/mol. The molecule has 2 aliphatic carbocycles. The van der Waals surface area contributed by atoms with Gasteiger partial charge in [-0.3, -0.25) is 9.88 Å². The van der Waals surface area contributed by atoms with E-state index < -0.39 is 0 Å². The van der Waals surface area contributed by atoms with Gasteiger partial charge in [0, 0.05) is 61.8 Å². The van der Waals surface area contributed by atoms with Crippen molar-refractivity contribution >= 4 is 17.2 Å². The minimum atomic E-state index is -0.266. The van der Waals surface area contributed by atoms with Crippen LogP contribution in [-0.2, 0) is 30.5 Å². The number of nitrogens with one attached hydrogen (secondary N) is 1. The van der Waals surface area contributed by atoms with Crippen LogP contribution in [0.25, 0.3) is 0 Å². The Kier molecular flexibility index (Phi) is 11.7. The summed E-state index contributed by atoms with van der Waals surface area (Å²) in [4.78, 5) is 17.9. The zero-order valence-electron chi connectivity index (χ0n) is 35.6. The van der Waals surface area contributed by atoms with Crippen LogP contribution in [0.1, 0.15) is 120 Å². The van der Waals surface area contributed by atoms with Gasteiger partial charge in [-0.1, -0.05) is 64.3 Å². The van der Waals surface area contributed by atoms with Gasteiger partial charge < -0.3 is 19.9 Å². The minimum absolute atomic E-state index is 0.178. The van der Waals surface area contributed by atoms with E-state index in [2.05, 4.69) is 131 Å². The Balaban J connectivity index is 0.926. The van der Waals surface area contributed by atoms with E-state index in [1.807, 2.05) is 0 Å². The van der Waals surface area contributed by atoms with Crippen molar-refractivity contribution in [3.63, 3.8) is 0 Å². The Morgan fingerprint density at radius 3 is 2.34 bits per heavy atom. The molecule has 3 aromatic rings. The van der Waals surface area contributed by atoms with Crippen molar-refractivity contribution in [3.8, 4) is 0 Å². The van der Waals surface area contributed by atoms with Crippen molar-refractivity contribution in [2.75, 3.05) is 42.9 Å². The highest BCUT2D eigenvalue weighted by Crippen LogP contribution is 2.42. The molecule has 7 heteroatoms. The highest BCUT2D eigenvalue weighted by atomic mass is 16.5. The molecule has 7 rings (SSSR count). The molecule has 1 saturated heterocycles. The van der Waals surface area contributed by atoms with Gasteiger partial charge in [0.2, 0.25) is 0 Å². The van der Waals surface area contributed by atoms with Gasteiger partial charge in [0.15, 0.2) is 0 Å². The largest absolute Gasteiger partial charge is 0.492 e. The van der Waals surface area contributed by atoms with Gasteiger partial charge in [0.1, 0.15) is 11.4 Å². The molecule has 1 N–H and O–H groups in total. The van der Waals surface area contributed by atoms with Crippen LogP contribution in [0, 0.1) is 18.3 Å². The zero-order valence-corrected chi connectivity index (χ0v) is 35.6. The molecule has 3 unspecified atom stereocenters. The summed E-state index contributed by atoms with van der Waals surface area (Å²) in [5, 5.41) is 3.59. The number of aromatic nitrogens is 2. The number of anilines is 3. The number of ether oxygens (including phenoxy) is 1. The first-order chi connectivity index (χ1) is 26.6. The Morgan fingerprint density at radius 1 is 0.875 bits per heavy atom. The van der Waals surface area contributed by atoms with Crippen LogP contribution >= 0.6 is 0 Å². The maximum atomic E-state index is 6.31. The number of hydrogen-bond donors (Lipinski definition) is 1. The number of fused-ring (bicyclic) bond motifs is 2. The Labute approximate surface area is 338 Å². The molecule has 2 aromatic heterocycles. The van der Waals surface area contributed by atoms with Crippen molar-refractivity contribution in [1.82, 2.24) is 19.8 Å². The molecule has 4 heterocycles. The van der Waals surface area contributed by atoms with Gasteiger partial charge in [0.05, 0.1) is 29.9 Å². The summed E-state index contributed by atoms with van der Waals surface area (Å²) in [5.41, 5.74) is 12.6. The molecule has 1 saturated carbocycles. The maximum Gasteiger partial charge on any atom is 0.130 e. The van der Waals surface area contributed by atoms with Crippen LogP contribution in [0.5, 0.6) is 0 Å². The van der Waals surface area contributed by atoms with E-state index in [0.29, 0.717) is 12.0 Å².